The fourth-order valence-electron chi connectivity index (χ4n) is 2.63. The molecule has 0 aliphatic carbocycles. The monoisotopic (exact) mass is 307 g/mol. The third-order valence-corrected chi connectivity index (χ3v) is 5.40. The van der Waals surface area contributed by atoms with Gasteiger partial charge in [-0.15, -0.1) is 0 Å². The average molecular weight is 307 g/mol. The molecule has 3 nitrogen and oxygen atoms in total. The van der Waals surface area contributed by atoms with Crippen LogP contribution < -0.4 is 5.32 Å². The van der Waals surface area contributed by atoms with Gasteiger partial charge in [-0.05, 0) is 37.0 Å². The van der Waals surface area contributed by atoms with Crippen LogP contribution in [0.2, 0.25) is 0 Å². The predicted molar refractivity (Wildman–Crippen MR) is 88.7 cm³/mol. The van der Waals surface area contributed by atoms with Crippen LogP contribution in [0.5, 0.6) is 0 Å². The van der Waals surface area contributed by atoms with Crippen LogP contribution in [0.25, 0.3) is 0 Å². The average Bonchev–Trinajstić information content (AvgIpc) is 2.91. The minimum atomic E-state index is -0.702. The van der Waals surface area contributed by atoms with E-state index < -0.39 is 5.60 Å². The van der Waals surface area contributed by atoms with Crippen LogP contribution in [0.1, 0.15) is 43.2 Å². The number of carbonyl (C=O) groups excluding carboxylic acids is 1. The molecule has 0 aromatic heterocycles. The zero-order valence-electron chi connectivity index (χ0n) is 12.9. The first-order valence-electron chi connectivity index (χ1n) is 7.66. The number of benzene rings is 1. The lowest BCUT2D eigenvalue weighted by molar-refractivity contribution is -0.122. The number of thioether (sulfide) groups is 1. The van der Waals surface area contributed by atoms with Crippen molar-refractivity contribution in [2.24, 2.45) is 0 Å². The molecule has 2 rings (SSSR count). The van der Waals surface area contributed by atoms with E-state index in [9.17, 15) is 9.90 Å². The van der Waals surface area contributed by atoms with Gasteiger partial charge < -0.3 is 10.4 Å². The largest absolute Gasteiger partial charge is 0.387 e. The highest BCUT2D eigenvalue weighted by Crippen LogP contribution is 2.27. The molecule has 2 atom stereocenters. The van der Waals surface area contributed by atoms with E-state index in [2.05, 4.69) is 43.4 Å². The highest BCUT2D eigenvalue weighted by molar-refractivity contribution is 7.99. The maximum absolute atomic E-state index is 12.1. The lowest BCUT2D eigenvalue weighted by Gasteiger charge is -2.22. The van der Waals surface area contributed by atoms with Gasteiger partial charge in [0, 0.05) is 18.7 Å². The molecule has 0 radical (unpaired) electrons. The summed E-state index contributed by atoms with van der Waals surface area (Å²) in [7, 11) is 0. The number of amides is 1. The Morgan fingerprint density at radius 2 is 2.14 bits per heavy atom. The lowest BCUT2D eigenvalue weighted by Crippen LogP contribution is -2.43. The van der Waals surface area contributed by atoms with Gasteiger partial charge >= 0.3 is 0 Å². The molecule has 1 amide bonds. The molecule has 4 heteroatoms. The number of rotatable bonds is 6. The van der Waals surface area contributed by atoms with Gasteiger partial charge in [0.05, 0.1) is 5.60 Å². The van der Waals surface area contributed by atoms with Gasteiger partial charge in [0.1, 0.15) is 0 Å². The number of carbonyl (C=O) groups is 1. The van der Waals surface area contributed by atoms with Crippen molar-refractivity contribution in [2.45, 2.75) is 44.6 Å². The third kappa shape index (κ3) is 4.75. The van der Waals surface area contributed by atoms with Crippen LogP contribution in [0, 0.1) is 6.92 Å². The highest BCUT2D eigenvalue weighted by Gasteiger charge is 2.32. The molecule has 0 spiro atoms. The summed E-state index contributed by atoms with van der Waals surface area (Å²) in [5.74, 6) is 1.99. The van der Waals surface area contributed by atoms with Crippen molar-refractivity contribution in [2.75, 3.05) is 18.1 Å². The normalized spacial score (nSPS) is 23.0. The predicted octanol–water partition coefficient (Wildman–Crippen LogP) is 2.86. The molecule has 116 valence electrons. The number of hydrogen-bond acceptors (Lipinski definition) is 3. The first-order valence-corrected chi connectivity index (χ1v) is 8.81. The Hall–Kier alpha value is -1.00. The van der Waals surface area contributed by atoms with Gasteiger partial charge in [-0.1, -0.05) is 36.8 Å². The maximum Gasteiger partial charge on any atom is 0.220 e. The van der Waals surface area contributed by atoms with Crippen molar-refractivity contribution in [3.8, 4) is 0 Å². The topological polar surface area (TPSA) is 49.3 Å². The van der Waals surface area contributed by atoms with E-state index in [0.29, 0.717) is 13.0 Å². The van der Waals surface area contributed by atoms with Crippen LogP contribution >= 0.6 is 11.8 Å². The van der Waals surface area contributed by atoms with E-state index in [1.54, 1.807) is 11.8 Å². The Kier molecular flexibility index (Phi) is 5.71. The van der Waals surface area contributed by atoms with Crippen molar-refractivity contribution in [1.82, 2.24) is 5.32 Å². The van der Waals surface area contributed by atoms with E-state index in [0.717, 1.165) is 24.3 Å². The standard InChI is InChI=1S/C17H25NO2S/c1-3-14(15-6-4-13(2)5-7-15)10-16(19)18-11-17(20)8-9-21-12-17/h4-7,14,20H,3,8-12H2,1-2H3,(H,18,19). The molecule has 1 saturated heterocycles. The third-order valence-electron chi connectivity index (χ3n) is 4.17. The van der Waals surface area contributed by atoms with Gasteiger partial charge in [0.25, 0.3) is 0 Å². The van der Waals surface area contributed by atoms with Gasteiger partial charge in [-0.25, -0.2) is 0 Å². The Balaban J connectivity index is 1.86. The van der Waals surface area contributed by atoms with Crippen molar-refractivity contribution >= 4 is 17.7 Å². The first kappa shape index (κ1) is 16.4. The van der Waals surface area contributed by atoms with Crippen LogP contribution in [-0.2, 0) is 4.79 Å². The second kappa shape index (κ2) is 7.32. The molecule has 1 heterocycles. The van der Waals surface area contributed by atoms with E-state index in [-0.39, 0.29) is 11.8 Å². The highest BCUT2D eigenvalue weighted by atomic mass is 32.2. The summed E-state index contributed by atoms with van der Waals surface area (Å²) in [5, 5.41) is 13.2. The van der Waals surface area contributed by atoms with Crippen LogP contribution in [-0.4, -0.2) is 34.7 Å². The maximum atomic E-state index is 12.1. The molecule has 1 fully saturated rings. The fraction of sp³-hybridized carbons (Fsp3) is 0.588. The molecule has 2 N–H and O–H groups in total. The smallest absolute Gasteiger partial charge is 0.220 e. The van der Waals surface area contributed by atoms with Crippen molar-refractivity contribution in [3.05, 3.63) is 35.4 Å². The number of hydrogen-bond donors (Lipinski definition) is 2. The fourth-order valence-corrected chi connectivity index (χ4v) is 3.93. The Bertz CT molecular complexity index is 466. The van der Waals surface area contributed by atoms with Crippen molar-refractivity contribution in [3.63, 3.8) is 0 Å². The van der Waals surface area contributed by atoms with Crippen LogP contribution in [0.15, 0.2) is 24.3 Å². The molecule has 0 saturated carbocycles. The molecule has 21 heavy (non-hydrogen) atoms. The minimum Gasteiger partial charge on any atom is -0.387 e. The van der Waals surface area contributed by atoms with Gasteiger partial charge in [-0.3, -0.25) is 4.79 Å². The van der Waals surface area contributed by atoms with Gasteiger partial charge in [0.2, 0.25) is 5.91 Å². The van der Waals surface area contributed by atoms with E-state index in [1.807, 2.05) is 0 Å². The molecular formula is C17H25NO2S. The summed E-state index contributed by atoms with van der Waals surface area (Å²) in [6.45, 7) is 4.56. The molecule has 2 unspecified atom stereocenters. The second-order valence-corrected chi connectivity index (χ2v) is 7.13. The summed E-state index contributed by atoms with van der Waals surface area (Å²) >= 11 is 1.75. The lowest BCUT2D eigenvalue weighted by atomic mass is 9.92. The zero-order chi connectivity index (χ0) is 15.3. The Morgan fingerprint density at radius 1 is 1.43 bits per heavy atom. The van der Waals surface area contributed by atoms with Gasteiger partial charge in [0.15, 0.2) is 0 Å². The van der Waals surface area contributed by atoms with E-state index in [1.165, 1.54) is 11.1 Å². The second-order valence-electron chi connectivity index (χ2n) is 6.02. The summed E-state index contributed by atoms with van der Waals surface area (Å²) in [4.78, 5) is 12.1. The van der Waals surface area contributed by atoms with Gasteiger partial charge in [-0.2, -0.15) is 11.8 Å². The van der Waals surface area contributed by atoms with Crippen molar-refractivity contribution < 1.29 is 9.90 Å². The molecular weight excluding hydrogens is 282 g/mol. The van der Waals surface area contributed by atoms with Crippen LogP contribution in [0.3, 0.4) is 0 Å². The van der Waals surface area contributed by atoms with E-state index >= 15 is 0 Å². The Labute approximate surface area is 131 Å². The number of aryl methyl sites for hydroxylation is 1. The summed E-state index contributed by atoms with van der Waals surface area (Å²) in [6, 6.07) is 8.40. The zero-order valence-corrected chi connectivity index (χ0v) is 13.7. The molecule has 1 aliphatic rings. The molecule has 1 aromatic carbocycles. The van der Waals surface area contributed by atoms with Crippen molar-refractivity contribution in [1.29, 1.82) is 0 Å². The molecule has 1 aromatic rings. The summed E-state index contributed by atoms with van der Waals surface area (Å²) < 4.78 is 0. The number of nitrogens with one attached hydrogen (secondary N) is 1. The minimum absolute atomic E-state index is 0.0350. The van der Waals surface area contributed by atoms with Crippen LogP contribution in [0.4, 0.5) is 0 Å². The summed E-state index contributed by atoms with van der Waals surface area (Å²) in [6.07, 6.45) is 2.20. The number of aliphatic hydroxyl groups is 1. The molecule has 0 bridgehead atoms. The summed E-state index contributed by atoms with van der Waals surface area (Å²) in [5.41, 5.74) is 1.75. The first-order chi connectivity index (χ1) is 10.0. The van der Waals surface area contributed by atoms with E-state index in [4.69, 9.17) is 0 Å². The SMILES string of the molecule is CCC(CC(=O)NCC1(O)CCSC1)c1ccc(C)cc1. The quantitative estimate of drug-likeness (QED) is 0.849. The molecule has 1 aliphatic heterocycles. The Morgan fingerprint density at radius 3 is 2.71 bits per heavy atom.